The number of nitrogens with one attached hydrogen (secondary N) is 1. The van der Waals surface area contributed by atoms with Crippen molar-refractivity contribution in [3.8, 4) is 0 Å². The monoisotopic (exact) mass is 270 g/mol. The van der Waals surface area contributed by atoms with E-state index in [1.807, 2.05) is 27.7 Å². The molecule has 3 N–H and O–H groups in total. The van der Waals surface area contributed by atoms with Crippen molar-refractivity contribution in [3.05, 3.63) is 29.8 Å². The highest BCUT2D eigenvalue weighted by Gasteiger charge is 2.25. The first kappa shape index (κ1) is 15.0. The second-order valence-electron chi connectivity index (χ2n) is 5.66. The van der Waals surface area contributed by atoms with Crippen LogP contribution in [0.4, 0.5) is 5.69 Å². The number of rotatable bonds is 4. The van der Waals surface area contributed by atoms with Gasteiger partial charge in [0.15, 0.2) is 0 Å². The number of benzene rings is 1. The molecule has 0 aromatic heterocycles. The topological polar surface area (TPSA) is 72.2 Å². The minimum absolute atomic E-state index is 0.0832. The van der Waals surface area contributed by atoms with Gasteiger partial charge in [-0.25, -0.2) is 13.1 Å². The van der Waals surface area contributed by atoms with E-state index in [-0.39, 0.29) is 17.2 Å². The molecule has 0 radical (unpaired) electrons. The smallest absolute Gasteiger partial charge is 0.216 e. The van der Waals surface area contributed by atoms with Gasteiger partial charge in [0.05, 0.1) is 5.75 Å². The summed E-state index contributed by atoms with van der Waals surface area (Å²) in [6.07, 6.45) is 0. The summed E-state index contributed by atoms with van der Waals surface area (Å²) >= 11 is 0. The van der Waals surface area contributed by atoms with Crippen LogP contribution in [0.1, 0.15) is 33.3 Å². The molecule has 5 heteroatoms. The minimum Gasteiger partial charge on any atom is -0.398 e. The third-order valence-electron chi connectivity index (χ3n) is 3.06. The largest absolute Gasteiger partial charge is 0.398 e. The van der Waals surface area contributed by atoms with Crippen LogP contribution in [0.15, 0.2) is 24.3 Å². The highest BCUT2D eigenvalue weighted by atomic mass is 32.2. The zero-order valence-electron chi connectivity index (χ0n) is 11.4. The van der Waals surface area contributed by atoms with Crippen LogP contribution >= 0.6 is 0 Å². The van der Waals surface area contributed by atoms with Gasteiger partial charge in [-0.3, -0.25) is 0 Å². The molecule has 1 unspecified atom stereocenters. The zero-order valence-corrected chi connectivity index (χ0v) is 12.2. The molecule has 0 bridgehead atoms. The Bertz CT molecular complexity index is 504. The molecular formula is C13H22N2O2S. The second kappa shape index (κ2) is 5.28. The summed E-state index contributed by atoms with van der Waals surface area (Å²) in [4.78, 5) is 0. The lowest BCUT2D eigenvalue weighted by Gasteiger charge is -2.27. The first-order chi connectivity index (χ1) is 8.12. The predicted octanol–water partition coefficient (Wildman–Crippen LogP) is 2.12. The van der Waals surface area contributed by atoms with Gasteiger partial charge in [0.1, 0.15) is 0 Å². The van der Waals surface area contributed by atoms with Crippen LogP contribution in [0.2, 0.25) is 0 Å². The molecule has 18 heavy (non-hydrogen) atoms. The van der Waals surface area contributed by atoms with E-state index in [4.69, 9.17) is 5.73 Å². The molecule has 0 spiro atoms. The van der Waals surface area contributed by atoms with Crippen molar-refractivity contribution in [1.82, 2.24) is 4.72 Å². The summed E-state index contributed by atoms with van der Waals surface area (Å²) < 4.78 is 26.8. The Morgan fingerprint density at radius 2 is 1.83 bits per heavy atom. The Kier molecular flexibility index (Phi) is 4.40. The number of anilines is 1. The van der Waals surface area contributed by atoms with Gasteiger partial charge in [-0.15, -0.1) is 0 Å². The number of para-hydroxylation sites is 1. The maximum Gasteiger partial charge on any atom is 0.216 e. The molecule has 0 heterocycles. The first-order valence-corrected chi connectivity index (χ1v) is 7.60. The average Bonchev–Trinajstić information content (AvgIpc) is 2.19. The molecule has 102 valence electrons. The van der Waals surface area contributed by atoms with Gasteiger partial charge < -0.3 is 5.73 Å². The van der Waals surface area contributed by atoms with E-state index in [1.165, 1.54) is 0 Å². The van der Waals surface area contributed by atoms with Crippen LogP contribution < -0.4 is 10.5 Å². The van der Waals surface area contributed by atoms with Crippen molar-refractivity contribution >= 4 is 15.7 Å². The third-order valence-corrected chi connectivity index (χ3v) is 4.46. The zero-order chi connectivity index (χ0) is 14.0. The van der Waals surface area contributed by atoms with E-state index in [9.17, 15) is 8.42 Å². The minimum atomic E-state index is -3.37. The molecular weight excluding hydrogens is 248 g/mol. The van der Waals surface area contributed by atoms with E-state index in [0.29, 0.717) is 11.3 Å². The van der Waals surface area contributed by atoms with Crippen LogP contribution in [0.3, 0.4) is 0 Å². The molecule has 0 amide bonds. The Labute approximate surface area is 110 Å². The molecule has 0 aliphatic heterocycles. The van der Waals surface area contributed by atoms with Gasteiger partial charge in [-0.2, -0.15) is 0 Å². The quantitative estimate of drug-likeness (QED) is 0.823. The molecule has 0 saturated carbocycles. The van der Waals surface area contributed by atoms with Crippen LogP contribution in [-0.4, -0.2) is 14.5 Å². The molecule has 1 rings (SSSR count). The van der Waals surface area contributed by atoms with E-state index < -0.39 is 10.0 Å². The lowest BCUT2D eigenvalue weighted by Crippen LogP contribution is -2.41. The van der Waals surface area contributed by atoms with E-state index in [1.54, 1.807) is 24.3 Å². The Morgan fingerprint density at radius 1 is 1.28 bits per heavy atom. The first-order valence-electron chi connectivity index (χ1n) is 5.95. The Hall–Kier alpha value is -1.07. The van der Waals surface area contributed by atoms with E-state index >= 15 is 0 Å². The van der Waals surface area contributed by atoms with Crippen molar-refractivity contribution in [2.75, 3.05) is 5.73 Å². The second-order valence-corrected chi connectivity index (χ2v) is 7.42. The highest BCUT2D eigenvalue weighted by molar-refractivity contribution is 7.88. The molecule has 1 atom stereocenters. The molecule has 0 fully saturated rings. The molecule has 1 aromatic carbocycles. The van der Waals surface area contributed by atoms with Crippen LogP contribution in [0.5, 0.6) is 0 Å². The normalized spacial score (nSPS) is 14.4. The SMILES string of the molecule is CC(NS(=O)(=O)Cc1ccccc1N)C(C)(C)C. The average molecular weight is 270 g/mol. The number of sulfonamides is 1. The van der Waals surface area contributed by atoms with Crippen LogP contribution in [0, 0.1) is 5.41 Å². The van der Waals surface area contributed by atoms with Crippen molar-refractivity contribution in [1.29, 1.82) is 0 Å². The molecule has 0 aliphatic rings. The lowest BCUT2D eigenvalue weighted by atomic mass is 9.89. The number of hydrogen-bond acceptors (Lipinski definition) is 3. The summed E-state index contributed by atoms with van der Waals surface area (Å²) in [5.74, 6) is -0.0832. The van der Waals surface area contributed by atoms with Gasteiger partial charge in [-0.1, -0.05) is 39.0 Å². The fourth-order valence-corrected chi connectivity index (χ4v) is 3.01. The standard InChI is InChI=1S/C13H22N2O2S/c1-10(13(2,3)4)15-18(16,17)9-11-7-5-6-8-12(11)14/h5-8,10,15H,9,14H2,1-4H3. The lowest BCUT2D eigenvalue weighted by molar-refractivity contribution is 0.317. The van der Waals surface area contributed by atoms with Gasteiger partial charge >= 0.3 is 0 Å². The van der Waals surface area contributed by atoms with Crippen LogP contribution in [-0.2, 0) is 15.8 Å². The molecule has 4 nitrogen and oxygen atoms in total. The van der Waals surface area contributed by atoms with Crippen molar-refractivity contribution in [2.24, 2.45) is 5.41 Å². The van der Waals surface area contributed by atoms with Crippen molar-refractivity contribution in [2.45, 2.75) is 39.5 Å². The van der Waals surface area contributed by atoms with Gasteiger partial charge in [0.2, 0.25) is 10.0 Å². The number of nitrogens with two attached hydrogens (primary N) is 1. The summed E-state index contributed by atoms with van der Waals surface area (Å²) in [7, 11) is -3.37. The predicted molar refractivity (Wildman–Crippen MR) is 75.5 cm³/mol. The highest BCUT2D eigenvalue weighted by Crippen LogP contribution is 2.20. The number of nitrogen functional groups attached to an aromatic ring is 1. The summed E-state index contributed by atoms with van der Waals surface area (Å²) in [5.41, 5.74) is 6.77. The summed E-state index contributed by atoms with van der Waals surface area (Å²) in [5, 5.41) is 0. The molecule has 1 aromatic rings. The maximum absolute atomic E-state index is 12.0. The van der Waals surface area contributed by atoms with Crippen molar-refractivity contribution < 1.29 is 8.42 Å². The van der Waals surface area contributed by atoms with Gasteiger partial charge in [0.25, 0.3) is 0 Å². The van der Waals surface area contributed by atoms with Crippen LogP contribution in [0.25, 0.3) is 0 Å². The fraction of sp³-hybridized carbons (Fsp3) is 0.538. The fourth-order valence-electron chi connectivity index (χ4n) is 1.36. The number of hydrogen-bond donors (Lipinski definition) is 2. The van der Waals surface area contributed by atoms with Gasteiger partial charge in [0, 0.05) is 11.7 Å². The Morgan fingerprint density at radius 3 is 2.33 bits per heavy atom. The Balaban J connectivity index is 2.81. The van der Waals surface area contributed by atoms with E-state index in [2.05, 4.69) is 4.72 Å². The summed E-state index contributed by atoms with van der Waals surface area (Å²) in [6, 6.07) is 6.88. The van der Waals surface area contributed by atoms with Gasteiger partial charge in [-0.05, 0) is 24.0 Å². The third kappa shape index (κ3) is 4.31. The maximum atomic E-state index is 12.0. The van der Waals surface area contributed by atoms with Crippen molar-refractivity contribution in [3.63, 3.8) is 0 Å². The van der Waals surface area contributed by atoms with E-state index in [0.717, 1.165) is 0 Å². The molecule has 0 aliphatic carbocycles. The molecule has 0 saturated heterocycles. The summed E-state index contributed by atoms with van der Waals surface area (Å²) in [6.45, 7) is 7.86.